The third-order valence-electron chi connectivity index (χ3n) is 10.5. The lowest BCUT2D eigenvalue weighted by atomic mass is 9.74. The summed E-state index contributed by atoms with van der Waals surface area (Å²) in [6, 6.07) is 31.3. The number of carboxylic acids is 1. The van der Waals surface area contributed by atoms with Crippen LogP contribution in [0.15, 0.2) is 103 Å². The van der Waals surface area contributed by atoms with Crippen LogP contribution in [0, 0.1) is 5.92 Å². The van der Waals surface area contributed by atoms with Crippen LogP contribution in [0.4, 0.5) is 0 Å². The molecule has 0 aliphatic carbocycles. The van der Waals surface area contributed by atoms with Crippen molar-refractivity contribution in [2.24, 2.45) is 5.92 Å². The first-order valence-corrected chi connectivity index (χ1v) is 18.8. The molecule has 0 bridgehead atoms. The summed E-state index contributed by atoms with van der Waals surface area (Å²) in [6.45, 7) is 0.666. The molecule has 2 unspecified atom stereocenters. The Morgan fingerprint density at radius 2 is 1.27 bits per heavy atom. The minimum Gasteiger partial charge on any atom is -0.497 e. The molecule has 2 aliphatic heterocycles. The molecule has 12 nitrogen and oxygen atoms in total. The predicted octanol–water partition coefficient (Wildman–Crippen LogP) is 6.26. The van der Waals surface area contributed by atoms with E-state index in [1.165, 1.54) is 4.90 Å². The van der Waals surface area contributed by atoms with Crippen LogP contribution in [0.3, 0.4) is 0 Å². The number of methoxy groups -OCH3 is 2. The molecule has 2 aliphatic rings. The number of hydrogen-bond acceptors (Lipinski definition) is 9. The zero-order valence-corrected chi connectivity index (χ0v) is 31.6. The molecule has 0 spiro atoms. The number of carbonyl (C=O) groups is 5. The standard InChI is InChI=1S/C44H46N2O10/c1-53-33-20-16-31(17-21-33)44(32-18-22-34(54-2)23-19-32,55-29-30-11-5-3-6-12-30)37-27-45(28-38(37)56-41(50)25-24-40(48)49)39(47)15-7-4-10-26-46-42(51)35-13-8-9-14-36(35)43(46)52/h3,5-6,8-9,11-14,16-23,37-38H,4,7,10,15,24-29H2,1-2H3,(H,48,49). The largest absolute Gasteiger partial charge is 0.497 e. The van der Waals surface area contributed by atoms with Crippen molar-refractivity contribution in [1.82, 2.24) is 9.80 Å². The highest BCUT2D eigenvalue weighted by molar-refractivity contribution is 6.21. The third kappa shape index (κ3) is 8.76. The van der Waals surface area contributed by atoms with Gasteiger partial charge >= 0.3 is 11.9 Å². The molecule has 2 atom stereocenters. The number of aliphatic carboxylic acids is 1. The van der Waals surface area contributed by atoms with E-state index < -0.39 is 36.0 Å². The van der Waals surface area contributed by atoms with Crippen LogP contribution in [0.2, 0.25) is 0 Å². The van der Waals surface area contributed by atoms with E-state index >= 15 is 0 Å². The van der Waals surface area contributed by atoms with Gasteiger partial charge in [0.25, 0.3) is 11.8 Å². The Bertz CT molecular complexity index is 1930. The molecule has 0 radical (unpaired) electrons. The summed E-state index contributed by atoms with van der Waals surface area (Å²) in [4.78, 5) is 67.1. The second-order valence-electron chi connectivity index (χ2n) is 13.9. The van der Waals surface area contributed by atoms with E-state index in [9.17, 15) is 29.1 Å². The van der Waals surface area contributed by atoms with E-state index in [-0.39, 0.29) is 56.8 Å². The SMILES string of the molecule is COc1ccc(C(OCc2ccccc2)(c2ccc(OC)cc2)C2CN(C(=O)CCCCCN3C(=O)c4ccccc4C3=O)CC2OC(=O)CCC(=O)O)cc1. The molecule has 1 N–H and O–H groups in total. The van der Waals surface area contributed by atoms with Crippen LogP contribution < -0.4 is 9.47 Å². The van der Waals surface area contributed by atoms with Crippen molar-refractivity contribution in [3.05, 3.63) is 131 Å². The Kier molecular flexibility index (Phi) is 12.8. The van der Waals surface area contributed by atoms with Gasteiger partial charge in [-0.1, -0.05) is 73.2 Å². The molecule has 56 heavy (non-hydrogen) atoms. The fourth-order valence-corrected chi connectivity index (χ4v) is 7.56. The molecule has 3 amide bonds. The van der Waals surface area contributed by atoms with Crippen molar-refractivity contribution in [3.63, 3.8) is 0 Å². The van der Waals surface area contributed by atoms with Gasteiger partial charge in [-0.05, 0) is 65.9 Å². The van der Waals surface area contributed by atoms with E-state index in [0.29, 0.717) is 41.9 Å². The number of ether oxygens (including phenoxy) is 4. The molecular formula is C44H46N2O10. The summed E-state index contributed by atoms with van der Waals surface area (Å²) in [5.41, 5.74) is 1.90. The van der Waals surface area contributed by atoms with Gasteiger partial charge < -0.3 is 29.0 Å². The summed E-state index contributed by atoms with van der Waals surface area (Å²) in [5, 5.41) is 9.29. The number of amides is 3. The smallest absolute Gasteiger partial charge is 0.306 e. The lowest BCUT2D eigenvalue weighted by Crippen LogP contribution is -2.46. The number of rotatable bonds is 18. The maximum Gasteiger partial charge on any atom is 0.306 e. The number of carbonyl (C=O) groups excluding carboxylic acids is 4. The van der Waals surface area contributed by atoms with Gasteiger partial charge in [0.15, 0.2) is 0 Å². The van der Waals surface area contributed by atoms with E-state index in [4.69, 9.17) is 18.9 Å². The second kappa shape index (κ2) is 18.1. The van der Waals surface area contributed by atoms with Gasteiger partial charge in [0.1, 0.15) is 23.2 Å². The molecule has 6 rings (SSSR count). The Balaban J connectivity index is 1.27. The van der Waals surface area contributed by atoms with Crippen molar-refractivity contribution in [3.8, 4) is 11.5 Å². The van der Waals surface area contributed by atoms with Gasteiger partial charge in [-0.3, -0.25) is 28.9 Å². The van der Waals surface area contributed by atoms with Gasteiger partial charge in [-0.2, -0.15) is 0 Å². The Labute approximate surface area is 325 Å². The first kappa shape index (κ1) is 39.7. The maximum absolute atomic E-state index is 14.0. The highest BCUT2D eigenvalue weighted by Gasteiger charge is 2.53. The zero-order valence-electron chi connectivity index (χ0n) is 31.6. The monoisotopic (exact) mass is 762 g/mol. The first-order valence-electron chi connectivity index (χ1n) is 18.8. The fourth-order valence-electron chi connectivity index (χ4n) is 7.56. The number of likely N-dealkylation sites (tertiary alicyclic amines) is 1. The van der Waals surface area contributed by atoms with Crippen LogP contribution in [0.5, 0.6) is 11.5 Å². The summed E-state index contributed by atoms with van der Waals surface area (Å²) >= 11 is 0. The van der Waals surface area contributed by atoms with Gasteiger partial charge in [0.05, 0.1) is 57.3 Å². The lowest BCUT2D eigenvalue weighted by Gasteiger charge is -2.42. The number of imide groups is 1. The predicted molar refractivity (Wildman–Crippen MR) is 205 cm³/mol. The van der Waals surface area contributed by atoms with Crippen molar-refractivity contribution in [1.29, 1.82) is 0 Å². The molecule has 292 valence electrons. The summed E-state index contributed by atoms with van der Waals surface area (Å²) in [6.07, 6.45) is 0.252. The normalized spacial score (nSPS) is 16.5. The number of carboxylic acid groups (broad SMARTS) is 1. The van der Waals surface area contributed by atoms with Crippen LogP contribution >= 0.6 is 0 Å². The Hall–Kier alpha value is -6.01. The van der Waals surface area contributed by atoms with Gasteiger partial charge in [-0.15, -0.1) is 0 Å². The lowest BCUT2D eigenvalue weighted by molar-refractivity contribution is -0.159. The summed E-state index contributed by atoms with van der Waals surface area (Å²) in [5.74, 6) is -1.96. The first-order chi connectivity index (χ1) is 27.1. The molecule has 1 saturated heterocycles. The molecule has 1 fully saturated rings. The average Bonchev–Trinajstić information content (AvgIpc) is 3.75. The van der Waals surface area contributed by atoms with Crippen molar-refractivity contribution in [2.45, 2.75) is 56.8 Å². The third-order valence-corrected chi connectivity index (χ3v) is 10.5. The van der Waals surface area contributed by atoms with E-state index in [1.807, 2.05) is 78.9 Å². The molecule has 4 aromatic carbocycles. The second-order valence-corrected chi connectivity index (χ2v) is 13.9. The van der Waals surface area contributed by atoms with E-state index in [1.54, 1.807) is 43.4 Å². The van der Waals surface area contributed by atoms with Crippen LogP contribution in [0.1, 0.15) is 75.9 Å². The Morgan fingerprint density at radius 3 is 1.82 bits per heavy atom. The molecule has 12 heteroatoms. The van der Waals surface area contributed by atoms with Crippen LogP contribution in [-0.4, -0.2) is 84.5 Å². The van der Waals surface area contributed by atoms with Gasteiger partial charge in [0, 0.05) is 19.5 Å². The zero-order chi connectivity index (χ0) is 39.7. The number of fused-ring (bicyclic) bond motifs is 1. The Morgan fingerprint density at radius 1 is 0.696 bits per heavy atom. The summed E-state index contributed by atoms with van der Waals surface area (Å²) in [7, 11) is 3.16. The number of nitrogens with zero attached hydrogens (tertiary/aromatic N) is 2. The molecular weight excluding hydrogens is 716 g/mol. The maximum atomic E-state index is 14.0. The van der Waals surface area contributed by atoms with E-state index in [2.05, 4.69) is 0 Å². The number of unbranched alkanes of at least 4 members (excludes halogenated alkanes) is 2. The number of hydrogen-bond donors (Lipinski definition) is 1. The summed E-state index contributed by atoms with van der Waals surface area (Å²) < 4.78 is 24.2. The number of esters is 1. The van der Waals surface area contributed by atoms with Gasteiger partial charge in [-0.25, -0.2) is 0 Å². The average molecular weight is 763 g/mol. The highest BCUT2D eigenvalue weighted by atomic mass is 16.6. The molecule has 2 heterocycles. The molecule has 0 aromatic heterocycles. The van der Waals surface area contributed by atoms with Crippen LogP contribution in [0.25, 0.3) is 0 Å². The van der Waals surface area contributed by atoms with Gasteiger partial charge in [0.2, 0.25) is 5.91 Å². The minimum absolute atomic E-state index is 0.0696. The van der Waals surface area contributed by atoms with E-state index in [0.717, 1.165) is 16.7 Å². The fraction of sp³-hybridized carbons (Fsp3) is 0.341. The topological polar surface area (TPSA) is 149 Å². The van der Waals surface area contributed by atoms with Crippen molar-refractivity contribution >= 4 is 29.7 Å². The van der Waals surface area contributed by atoms with Crippen molar-refractivity contribution in [2.75, 3.05) is 33.9 Å². The quantitative estimate of drug-likeness (QED) is 0.0700. The minimum atomic E-state index is -1.28. The highest BCUT2D eigenvalue weighted by Crippen LogP contribution is 2.47. The van der Waals surface area contributed by atoms with Crippen LogP contribution in [-0.2, 0) is 36.1 Å². The number of benzene rings is 4. The molecule has 0 saturated carbocycles. The van der Waals surface area contributed by atoms with Crippen molar-refractivity contribution < 1.29 is 48.0 Å². The molecule has 4 aromatic rings.